The fourth-order valence-corrected chi connectivity index (χ4v) is 3.01. The minimum absolute atomic E-state index is 0.260. The smallest absolute Gasteiger partial charge is 0.0991 e. The quantitative estimate of drug-likeness (QED) is 0.898. The summed E-state index contributed by atoms with van der Waals surface area (Å²) in [5.74, 6) is 0. The largest absolute Gasteiger partial charge is 0.392 e. The summed E-state index contributed by atoms with van der Waals surface area (Å²) in [4.78, 5) is 4.87. The maximum Gasteiger partial charge on any atom is 0.0991 e. The van der Waals surface area contributed by atoms with Crippen LogP contribution >= 0.6 is 0 Å². The molecule has 1 aromatic carbocycles. The van der Waals surface area contributed by atoms with Crippen LogP contribution in [-0.4, -0.2) is 53.2 Å². The molecular weight excluding hydrogens is 262 g/mol. The fraction of sp³-hybridized carbons (Fsp3) is 0.588. The predicted molar refractivity (Wildman–Crippen MR) is 83.8 cm³/mol. The number of aliphatic hydroxyl groups is 1. The molecule has 0 radical (unpaired) electrons. The van der Waals surface area contributed by atoms with Crippen molar-refractivity contribution in [1.82, 2.24) is 9.80 Å². The van der Waals surface area contributed by atoms with Gasteiger partial charge in [0, 0.05) is 38.8 Å². The summed E-state index contributed by atoms with van der Waals surface area (Å²) in [6.45, 7) is 8.86. The number of benzene rings is 1. The second-order valence-corrected chi connectivity index (χ2v) is 5.95. The lowest BCUT2D eigenvalue weighted by molar-refractivity contribution is 0.0338. The molecule has 0 aromatic heterocycles. The molecule has 0 spiro atoms. The topological polar surface area (TPSA) is 50.5 Å². The van der Waals surface area contributed by atoms with Crippen molar-refractivity contribution in [2.45, 2.75) is 39.0 Å². The number of β-amino-alcohol motifs (C(OH)–C–C–N with tert-alkyl or cyclic N) is 1. The lowest BCUT2D eigenvalue weighted by atomic mass is 10.1. The summed E-state index contributed by atoms with van der Waals surface area (Å²) >= 11 is 0. The van der Waals surface area contributed by atoms with Gasteiger partial charge in [-0.05, 0) is 31.0 Å². The number of nitriles is 1. The van der Waals surface area contributed by atoms with Gasteiger partial charge in [-0.25, -0.2) is 0 Å². The average molecular weight is 287 g/mol. The number of aliphatic hydroxyl groups excluding tert-OH is 1. The van der Waals surface area contributed by atoms with Gasteiger partial charge in [0.25, 0.3) is 0 Å². The Morgan fingerprint density at radius 3 is 2.62 bits per heavy atom. The van der Waals surface area contributed by atoms with E-state index in [9.17, 15) is 5.11 Å². The Morgan fingerprint density at radius 1 is 1.33 bits per heavy atom. The molecule has 1 fully saturated rings. The van der Waals surface area contributed by atoms with E-state index in [-0.39, 0.29) is 6.10 Å². The summed E-state index contributed by atoms with van der Waals surface area (Å²) < 4.78 is 0. The molecule has 114 valence electrons. The Kier molecular flexibility index (Phi) is 5.75. The average Bonchev–Trinajstić information content (AvgIpc) is 2.49. The third-order valence-electron chi connectivity index (χ3n) is 4.15. The van der Waals surface area contributed by atoms with Gasteiger partial charge in [0.2, 0.25) is 0 Å². The van der Waals surface area contributed by atoms with Crippen LogP contribution in [0.5, 0.6) is 0 Å². The molecule has 1 aliphatic heterocycles. The molecular formula is C17H25N3O. The molecule has 1 saturated heterocycles. The molecule has 1 aromatic rings. The van der Waals surface area contributed by atoms with Crippen molar-refractivity contribution >= 4 is 0 Å². The van der Waals surface area contributed by atoms with Gasteiger partial charge in [-0.1, -0.05) is 19.1 Å². The van der Waals surface area contributed by atoms with Crippen molar-refractivity contribution in [2.24, 2.45) is 0 Å². The molecule has 0 amide bonds. The zero-order valence-electron chi connectivity index (χ0n) is 13.0. The first-order chi connectivity index (χ1) is 10.1. The van der Waals surface area contributed by atoms with Crippen LogP contribution in [0, 0.1) is 11.3 Å². The number of rotatable bonds is 5. The minimum Gasteiger partial charge on any atom is -0.392 e. The molecule has 2 rings (SSSR count). The van der Waals surface area contributed by atoms with E-state index in [4.69, 9.17) is 5.26 Å². The van der Waals surface area contributed by atoms with Crippen molar-refractivity contribution < 1.29 is 5.11 Å². The molecule has 21 heavy (non-hydrogen) atoms. The second kappa shape index (κ2) is 7.56. The zero-order valence-corrected chi connectivity index (χ0v) is 13.0. The van der Waals surface area contributed by atoms with Crippen LogP contribution in [-0.2, 0) is 6.54 Å². The highest BCUT2D eigenvalue weighted by Gasteiger charge is 2.26. The third kappa shape index (κ3) is 4.53. The summed E-state index contributed by atoms with van der Waals surface area (Å²) in [6, 6.07) is 10.5. The molecule has 0 aliphatic carbocycles. The van der Waals surface area contributed by atoms with Crippen molar-refractivity contribution in [3.05, 3.63) is 35.4 Å². The van der Waals surface area contributed by atoms with Crippen LogP contribution < -0.4 is 0 Å². The van der Waals surface area contributed by atoms with Gasteiger partial charge < -0.3 is 5.11 Å². The molecule has 0 saturated carbocycles. The van der Waals surface area contributed by atoms with Crippen LogP contribution in [0.15, 0.2) is 24.3 Å². The highest BCUT2D eigenvalue weighted by atomic mass is 16.3. The lowest BCUT2D eigenvalue weighted by Crippen LogP contribution is -2.54. The Morgan fingerprint density at radius 2 is 2.05 bits per heavy atom. The highest BCUT2D eigenvalue weighted by molar-refractivity contribution is 5.31. The number of hydrogen-bond acceptors (Lipinski definition) is 4. The van der Waals surface area contributed by atoms with E-state index < -0.39 is 0 Å². The van der Waals surface area contributed by atoms with Crippen molar-refractivity contribution in [3.8, 4) is 6.07 Å². The first-order valence-electron chi connectivity index (χ1n) is 7.76. The molecule has 1 N–H and O–H groups in total. The first kappa shape index (κ1) is 16.0. The van der Waals surface area contributed by atoms with E-state index in [1.54, 1.807) is 0 Å². The van der Waals surface area contributed by atoms with Crippen LogP contribution in [0.25, 0.3) is 0 Å². The first-order valence-corrected chi connectivity index (χ1v) is 7.76. The van der Waals surface area contributed by atoms with Crippen molar-refractivity contribution in [1.29, 1.82) is 5.26 Å². The fourth-order valence-electron chi connectivity index (χ4n) is 3.01. The van der Waals surface area contributed by atoms with Gasteiger partial charge in [0.05, 0.1) is 17.7 Å². The minimum atomic E-state index is -0.260. The normalized spacial score (nSPS) is 21.9. The number of hydrogen-bond donors (Lipinski definition) is 1. The third-order valence-corrected chi connectivity index (χ3v) is 4.15. The SMILES string of the molecule is CC[C@@H]1CN(Cc2ccc(C#N)cc2)CCN1C[C@H](C)O. The predicted octanol–water partition coefficient (Wildman–Crippen LogP) is 1.84. The van der Waals surface area contributed by atoms with Crippen LogP contribution in [0.4, 0.5) is 0 Å². The molecule has 1 heterocycles. The Hall–Kier alpha value is -1.41. The summed E-state index contributed by atoms with van der Waals surface area (Å²) in [6.07, 6.45) is 0.848. The monoisotopic (exact) mass is 287 g/mol. The van der Waals surface area contributed by atoms with Crippen LogP contribution in [0.3, 0.4) is 0 Å². The van der Waals surface area contributed by atoms with E-state index in [1.165, 1.54) is 5.56 Å². The Bertz CT molecular complexity index is 478. The molecule has 4 heteroatoms. The van der Waals surface area contributed by atoms with Crippen LogP contribution in [0.1, 0.15) is 31.4 Å². The maximum absolute atomic E-state index is 9.59. The second-order valence-electron chi connectivity index (χ2n) is 5.95. The number of nitrogens with zero attached hydrogens (tertiary/aromatic N) is 3. The highest BCUT2D eigenvalue weighted by Crippen LogP contribution is 2.16. The van der Waals surface area contributed by atoms with Gasteiger partial charge in [-0.2, -0.15) is 5.26 Å². The zero-order chi connectivity index (χ0) is 15.2. The van der Waals surface area contributed by atoms with E-state index >= 15 is 0 Å². The number of piperazine rings is 1. The van der Waals surface area contributed by atoms with Gasteiger partial charge in [0.15, 0.2) is 0 Å². The molecule has 0 bridgehead atoms. The Labute approximate surface area is 127 Å². The lowest BCUT2D eigenvalue weighted by Gasteiger charge is -2.41. The summed E-state index contributed by atoms with van der Waals surface area (Å²) in [5.41, 5.74) is 1.97. The van der Waals surface area contributed by atoms with E-state index in [2.05, 4.69) is 22.8 Å². The van der Waals surface area contributed by atoms with Gasteiger partial charge in [-0.3, -0.25) is 9.80 Å². The molecule has 1 aliphatic rings. The van der Waals surface area contributed by atoms with Crippen molar-refractivity contribution in [3.63, 3.8) is 0 Å². The molecule has 2 atom stereocenters. The Balaban J connectivity index is 1.92. The van der Waals surface area contributed by atoms with E-state index in [1.807, 2.05) is 31.2 Å². The van der Waals surface area contributed by atoms with Gasteiger partial charge in [0.1, 0.15) is 0 Å². The standard InChI is InChI=1S/C17H25N3O/c1-3-17-13-19(8-9-20(17)11-14(2)21)12-16-6-4-15(10-18)5-7-16/h4-7,14,17,21H,3,8-9,11-13H2,1-2H3/t14-,17+/m0/s1. The van der Waals surface area contributed by atoms with E-state index in [0.717, 1.165) is 39.1 Å². The molecule has 0 unspecified atom stereocenters. The van der Waals surface area contributed by atoms with Crippen molar-refractivity contribution in [2.75, 3.05) is 26.2 Å². The van der Waals surface area contributed by atoms with Gasteiger partial charge >= 0.3 is 0 Å². The summed E-state index contributed by atoms with van der Waals surface area (Å²) in [7, 11) is 0. The molecule has 4 nitrogen and oxygen atoms in total. The summed E-state index contributed by atoms with van der Waals surface area (Å²) in [5, 5.41) is 18.4. The van der Waals surface area contributed by atoms with E-state index in [0.29, 0.717) is 11.6 Å². The maximum atomic E-state index is 9.59. The van der Waals surface area contributed by atoms with Gasteiger partial charge in [-0.15, -0.1) is 0 Å². The van der Waals surface area contributed by atoms with Crippen LogP contribution in [0.2, 0.25) is 0 Å².